The number of carbonyl (C=O) groups excluding carboxylic acids is 1. The summed E-state index contributed by atoms with van der Waals surface area (Å²) in [5.74, 6) is 0.870. The zero-order chi connectivity index (χ0) is 8.27. The van der Waals surface area contributed by atoms with Crippen molar-refractivity contribution in [1.82, 2.24) is 10.6 Å². The number of carbonyl (C=O) groups is 1. The summed E-state index contributed by atoms with van der Waals surface area (Å²) in [6, 6.07) is 0. The van der Waals surface area contributed by atoms with Crippen molar-refractivity contribution in [2.24, 2.45) is 11.8 Å². The third kappa shape index (κ3) is 1.93. The smallest absolute Gasteiger partial charge is 0.224 e. The Morgan fingerprint density at radius 1 is 1.64 bits per heavy atom. The summed E-state index contributed by atoms with van der Waals surface area (Å²) < 4.78 is 0. The molecule has 1 heterocycles. The Morgan fingerprint density at radius 2 is 2.36 bits per heavy atom. The number of amides is 1. The van der Waals surface area contributed by atoms with Gasteiger partial charge in [-0.1, -0.05) is 6.92 Å². The molecular weight excluding hydrogens is 140 g/mol. The van der Waals surface area contributed by atoms with Crippen molar-refractivity contribution in [3.05, 3.63) is 0 Å². The van der Waals surface area contributed by atoms with E-state index >= 15 is 0 Å². The maximum atomic E-state index is 11.2. The molecule has 1 amide bonds. The molecule has 3 heteroatoms. The van der Waals surface area contributed by atoms with Crippen molar-refractivity contribution in [3.63, 3.8) is 0 Å². The van der Waals surface area contributed by atoms with Gasteiger partial charge in [-0.3, -0.25) is 4.79 Å². The molecule has 2 atom stereocenters. The van der Waals surface area contributed by atoms with Crippen molar-refractivity contribution in [2.45, 2.75) is 13.3 Å². The molecule has 1 saturated heterocycles. The lowest BCUT2D eigenvalue weighted by molar-refractivity contribution is -0.126. The van der Waals surface area contributed by atoms with Gasteiger partial charge in [0.25, 0.3) is 0 Å². The van der Waals surface area contributed by atoms with Crippen LogP contribution in [0.15, 0.2) is 0 Å². The molecule has 0 radical (unpaired) electrons. The first-order valence-corrected chi connectivity index (χ1v) is 4.18. The van der Waals surface area contributed by atoms with Crippen molar-refractivity contribution < 1.29 is 4.79 Å². The van der Waals surface area contributed by atoms with Gasteiger partial charge in [0.05, 0.1) is 5.92 Å². The number of hydrogen-bond donors (Lipinski definition) is 2. The summed E-state index contributed by atoms with van der Waals surface area (Å²) in [5, 5.41) is 5.91. The Hall–Kier alpha value is -0.570. The van der Waals surface area contributed by atoms with E-state index in [0.717, 1.165) is 19.5 Å². The Morgan fingerprint density at radius 3 is 2.91 bits per heavy atom. The average Bonchev–Trinajstić information content (AvgIpc) is 2.04. The molecule has 1 fully saturated rings. The van der Waals surface area contributed by atoms with E-state index in [-0.39, 0.29) is 11.8 Å². The highest BCUT2D eigenvalue weighted by atomic mass is 16.1. The molecule has 0 saturated carbocycles. The third-order valence-electron chi connectivity index (χ3n) is 2.41. The standard InChI is InChI=1S/C8H16N2O/c1-6-3-4-10-5-7(6)8(11)9-2/h6-7,10H,3-5H2,1-2H3,(H,9,11). The Labute approximate surface area is 67.5 Å². The molecule has 0 aromatic heterocycles. The van der Waals surface area contributed by atoms with Gasteiger partial charge < -0.3 is 10.6 Å². The Balaban J connectivity index is 2.47. The van der Waals surface area contributed by atoms with Crippen molar-refractivity contribution in [3.8, 4) is 0 Å². The lowest BCUT2D eigenvalue weighted by Gasteiger charge is -2.27. The first-order chi connectivity index (χ1) is 5.25. The van der Waals surface area contributed by atoms with E-state index in [0.29, 0.717) is 5.92 Å². The fourth-order valence-corrected chi connectivity index (χ4v) is 1.53. The monoisotopic (exact) mass is 156 g/mol. The van der Waals surface area contributed by atoms with Gasteiger partial charge in [-0.2, -0.15) is 0 Å². The van der Waals surface area contributed by atoms with Crippen LogP contribution in [-0.4, -0.2) is 26.0 Å². The fraction of sp³-hybridized carbons (Fsp3) is 0.875. The van der Waals surface area contributed by atoms with E-state index in [1.165, 1.54) is 0 Å². The van der Waals surface area contributed by atoms with Crippen LogP contribution >= 0.6 is 0 Å². The van der Waals surface area contributed by atoms with Crippen LogP contribution in [0.4, 0.5) is 0 Å². The normalized spacial score (nSPS) is 31.5. The van der Waals surface area contributed by atoms with Gasteiger partial charge in [-0.25, -0.2) is 0 Å². The molecule has 2 N–H and O–H groups in total. The van der Waals surface area contributed by atoms with Crippen LogP contribution < -0.4 is 10.6 Å². The predicted molar refractivity (Wildman–Crippen MR) is 44.2 cm³/mol. The molecule has 0 spiro atoms. The molecule has 1 aliphatic rings. The lowest BCUT2D eigenvalue weighted by Crippen LogP contribution is -2.43. The summed E-state index contributed by atoms with van der Waals surface area (Å²) in [6.45, 7) is 4.02. The molecule has 0 aliphatic carbocycles. The second-order valence-corrected chi connectivity index (χ2v) is 3.19. The predicted octanol–water partition coefficient (Wildman–Crippen LogP) is -0.0220. The number of piperidine rings is 1. The summed E-state index contributed by atoms with van der Waals surface area (Å²) in [6.07, 6.45) is 1.11. The van der Waals surface area contributed by atoms with Crippen molar-refractivity contribution in [1.29, 1.82) is 0 Å². The zero-order valence-electron chi connectivity index (χ0n) is 7.18. The molecule has 64 valence electrons. The first-order valence-electron chi connectivity index (χ1n) is 4.18. The van der Waals surface area contributed by atoms with Gasteiger partial charge in [-0.05, 0) is 18.9 Å². The SMILES string of the molecule is CNC(=O)C1CNCCC1C. The van der Waals surface area contributed by atoms with Gasteiger partial charge in [0.1, 0.15) is 0 Å². The average molecular weight is 156 g/mol. The lowest BCUT2D eigenvalue weighted by atomic mass is 9.87. The molecular formula is C8H16N2O. The molecule has 0 aromatic carbocycles. The highest BCUT2D eigenvalue weighted by Crippen LogP contribution is 2.17. The fourth-order valence-electron chi connectivity index (χ4n) is 1.53. The van der Waals surface area contributed by atoms with Crippen LogP contribution in [0, 0.1) is 11.8 Å². The molecule has 2 unspecified atom stereocenters. The van der Waals surface area contributed by atoms with E-state index in [1.807, 2.05) is 0 Å². The van der Waals surface area contributed by atoms with E-state index in [4.69, 9.17) is 0 Å². The molecule has 1 rings (SSSR count). The van der Waals surface area contributed by atoms with Gasteiger partial charge in [0, 0.05) is 13.6 Å². The molecule has 3 nitrogen and oxygen atoms in total. The summed E-state index contributed by atoms with van der Waals surface area (Å²) >= 11 is 0. The van der Waals surface area contributed by atoms with Crippen LogP contribution in [0.3, 0.4) is 0 Å². The number of rotatable bonds is 1. The summed E-state index contributed by atoms with van der Waals surface area (Å²) in [7, 11) is 1.70. The molecule has 0 aromatic rings. The Kier molecular flexibility index (Phi) is 2.88. The van der Waals surface area contributed by atoms with Gasteiger partial charge >= 0.3 is 0 Å². The van der Waals surface area contributed by atoms with E-state index in [2.05, 4.69) is 17.6 Å². The number of hydrogen-bond acceptors (Lipinski definition) is 2. The minimum absolute atomic E-state index is 0.171. The molecule has 1 aliphatic heterocycles. The maximum Gasteiger partial charge on any atom is 0.224 e. The van der Waals surface area contributed by atoms with Gasteiger partial charge in [-0.15, -0.1) is 0 Å². The quantitative estimate of drug-likeness (QED) is 0.560. The van der Waals surface area contributed by atoms with Gasteiger partial charge in [0.2, 0.25) is 5.91 Å². The first kappa shape index (κ1) is 8.53. The third-order valence-corrected chi connectivity index (χ3v) is 2.41. The summed E-state index contributed by atoms with van der Waals surface area (Å²) in [5.41, 5.74) is 0. The minimum atomic E-state index is 0.171. The number of nitrogens with one attached hydrogen (secondary N) is 2. The van der Waals surface area contributed by atoms with E-state index < -0.39 is 0 Å². The van der Waals surface area contributed by atoms with Crippen molar-refractivity contribution >= 4 is 5.91 Å². The van der Waals surface area contributed by atoms with Crippen molar-refractivity contribution in [2.75, 3.05) is 20.1 Å². The van der Waals surface area contributed by atoms with Crippen LogP contribution in [-0.2, 0) is 4.79 Å². The Bertz CT molecular complexity index is 147. The van der Waals surface area contributed by atoms with E-state index in [9.17, 15) is 4.79 Å². The second-order valence-electron chi connectivity index (χ2n) is 3.19. The second kappa shape index (κ2) is 3.72. The highest BCUT2D eigenvalue weighted by molar-refractivity contribution is 5.78. The van der Waals surface area contributed by atoms with Crippen LogP contribution in [0.25, 0.3) is 0 Å². The topological polar surface area (TPSA) is 41.1 Å². The van der Waals surface area contributed by atoms with Gasteiger partial charge in [0.15, 0.2) is 0 Å². The van der Waals surface area contributed by atoms with Crippen LogP contribution in [0.5, 0.6) is 0 Å². The zero-order valence-corrected chi connectivity index (χ0v) is 7.18. The minimum Gasteiger partial charge on any atom is -0.359 e. The molecule has 11 heavy (non-hydrogen) atoms. The summed E-state index contributed by atoms with van der Waals surface area (Å²) in [4.78, 5) is 11.2. The van der Waals surface area contributed by atoms with Crippen LogP contribution in [0.2, 0.25) is 0 Å². The highest BCUT2D eigenvalue weighted by Gasteiger charge is 2.26. The van der Waals surface area contributed by atoms with Crippen LogP contribution in [0.1, 0.15) is 13.3 Å². The van der Waals surface area contributed by atoms with E-state index in [1.54, 1.807) is 7.05 Å². The molecule has 0 bridgehead atoms. The maximum absolute atomic E-state index is 11.2. The largest absolute Gasteiger partial charge is 0.359 e.